The van der Waals surface area contributed by atoms with Crippen LogP contribution in [0.25, 0.3) is 0 Å². The number of hydrogen-bond donors (Lipinski definition) is 1. The molecule has 25 heavy (non-hydrogen) atoms. The minimum Gasteiger partial charge on any atom is -0.210 e. The third-order valence-electron chi connectivity index (χ3n) is 5.26. The van der Waals surface area contributed by atoms with Gasteiger partial charge in [-0.05, 0) is 42.5 Å². The van der Waals surface area contributed by atoms with Crippen LogP contribution in [0.1, 0.15) is 31.4 Å². The molecule has 1 saturated carbocycles. The summed E-state index contributed by atoms with van der Waals surface area (Å²) in [4.78, 5) is 0.172. The topological polar surface area (TPSA) is 46.2 Å². The van der Waals surface area contributed by atoms with E-state index in [0.717, 1.165) is 11.6 Å². The van der Waals surface area contributed by atoms with Crippen molar-refractivity contribution in [3.05, 3.63) is 65.2 Å². The summed E-state index contributed by atoms with van der Waals surface area (Å²) in [5.41, 5.74) is 0.363. The van der Waals surface area contributed by atoms with Gasteiger partial charge in [-0.15, -0.1) is 0 Å². The molecular weight excluding hydrogens is 344 g/mol. The molecule has 3 nitrogen and oxygen atoms in total. The summed E-state index contributed by atoms with van der Waals surface area (Å²) in [5.74, 6) is -1.28. The highest BCUT2D eigenvalue weighted by atomic mass is 32.2. The van der Waals surface area contributed by atoms with Crippen molar-refractivity contribution in [3.8, 4) is 0 Å². The molecule has 0 aromatic heterocycles. The Balaban J connectivity index is 1.88. The summed E-state index contributed by atoms with van der Waals surface area (Å²) in [6, 6.07) is 10.0. The Kier molecular flexibility index (Phi) is 4.24. The lowest BCUT2D eigenvalue weighted by Gasteiger charge is -2.22. The van der Waals surface area contributed by atoms with Gasteiger partial charge in [-0.1, -0.05) is 37.6 Å². The lowest BCUT2D eigenvalue weighted by Crippen LogP contribution is -2.35. The van der Waals surface area contributed by atoms with E-state index in [1.807, 2.05) is 20.8 Å². The molecule has 0 heterocycles. The van der Waals surface area contributed by atoms with Crippen LogP contribution in [0.15, 0.2) is 47.4 Å². The van der Waals surface area contributed by atoms with Crippen LogP contribution in [0.5, 0.6) is 0 Å². The van der Waals surface area contributed by atoms with Crippen LogP contribution in [0.3, 0.4) is 0 Å². The van der Waals surface area contributed by atoms with E-state index >= 15 is 0 Å². The highest BCUT2D eigenvalue weighted by Crippen LogP contribution is 2.64. The number of rotatable bonds is 5. The van der Waals surface area contributed by atoms with E-state index in [9.17, 15) is 17.2 Å². The van der Waals surface area contributed by atoms with Crippen molar-refractivity contribution in [2.75, 3.05) is 6.54 Å². The molecule has 1 fully saturated rings. The van der Waals surface area contributed by atoms with Crippen molar-refractivity contribution >= 4 is 10.0 Å². The first-order chi connectivity index (χ1) is 11.6. The molecule has 0 spiro atoms. The highest BCUT2D eigenvalue weighted by molar-refractivity contribution is 7.89. The molecule has 3 rings (SSSR count). The minimum absolute atomic E-state index is 0.0682. The van der Waals surface area contributed by atoms with Crippen molar-refractivity contribution in [1.82, 2.24) is 4.72 Å². The molecule has 1 N–H and O–H groups in total. The van der Waals surface area contributed by atoms with E-state index in [2.05, 4.69) is 4.72 Å². The zero-order valence-electron chi connectivity index (χ0n) is 14.4. The monoisotopic (exact) mass is 365 g/mol. The first-order valence-corrected chi connectivity index (χ1v) is 9.58. The molecule has 1 atom stereocenters. The Morgan fingerprint density at radius 2 is 1.68 bits per heavy atom. The fraction of sp³-hybridized carbons (Fsp3) is 0.368. The summed E-state index contributed by atoms with van der Waals surface area (Å²) in [5, 5.41) is 0. The Morgan fingerprint density at radius 1 is 1.08 bits per heavy atom. The Bertz CT molecular complexity index is 908. The Hall–Kier alpha value is -1.79. The third kappa shape index (κ3) is 3.20. The molecule has 1 aliphatic rings. The van der Waals surface area contributed by atoms with E-state index in [4.69, 9.17) is 0 Å². The van der Waals surface area contributed by atoms with Gasteiger partial charge in [0.25, 0.3) is 0 Å². The second-order valence-electron chi connectivity index (χ2n) is 7.40. The Morgan fingerprint density at radius 3 is 2.20 bits per heavy atom. The third-order valence-corrected chi connectivity index (χ3v) is 6.67. The van der Waals surface area contributed by atoms with Crippen LogP contribution in [-0.2, 0) is 15.4 Å². The summed E-state index contributed by atoms with van der Waals surface area (Å²) < 4.78 is 55.2. The van der Waals surface area contributed by atoms with E-state index < -0.39 is 27.1 Å². The molecule has 0 aliphatic heterocycles. The maximum absolute atomic E-state index is 14.3. The van der Waals surface area contributed by atoms with Gasteiger partial charge in [-0.2, -0.15) is 0 Å². The number of halogens is 2. The molecule has 0 amide bonds. The van der Waals surface area contributed by atoms with Gasteiger partial charge in [0.05, 0.1) is 4.90 Å². The van der Waals surface area contributed by atoms with Gasteiger partial charge in [0, 0.05) is 18.0 Å². The normalized spacial score (nSPS) is 22.0. The number of aryl methyl sites for hydroxylation is 1. The summed E-state index contributed by atoms with van der Waals surface area (Å²) >= 11 is 0. The van der Waals surface area contributed by atoms with Gasteiger partial charge in [0.15, 0.2) is 0 Å². The molecular formula is C19H21F2NO2S. The molecule has 2 aromatic rings. The van der Waals surface area contributed by atoms with Crippen LogP contribution in [0, 0.1) is 24.0 Å². The SMILES string of the molecule is Cc1ccc(S(=O)(=O)NCC2(c3ccc(F)cc3F)CC2(C)C)cc1. The number of nitrogens with one attached hydrogen (secondary N) is 1. The second kappa shape index (κ2) is 5.88. The Labute approximate surface area is 147 Å². The van der Waals surface area contributed by atoms with E-state index in [-0.39, 0.29) is 16.9 Å². The fourth-order valence-corrected chi connectivity index (χ4v) is 4.56. The van der Waals surface area contributed by atoms with Gasteiger partial charge in [-0.3, -0.25) is 0 Å². The molecule has 6 heteroatoms. The first kappa shape index (κ1) is 18.0. The summed E-state index contributed by atoms with van der Waals surface area (Å²) in [6.07, 6.45) is 0.624. The summed E-state index contributed by atoms with van der Waals surface area (Å²) in [6.45, 7) is 5.85. The standard InChI is InChI=1S/C19H21F2NO2S/c1-13-4-7-15(8-5-13)25(23,24)22-12-19(11-18(19,2)3)16-9-6-14(20)10-17(16)21/h4-10,22H,11-12H2,1-3H3. The number of sulfonamides is 1. The van der Waals surface area contributed by atoms with Crippen LogP contribution in [-0.4, -0.2) is 15.0 Å². The molecule has 1 unspecified atom stereocenters. The lowest BCUT2D eigenvalue weighted by atomic mass is 9.87. The van der Waals surface area contributed by atoms with Crippen molar-refractivity contribution in [3.63, 3.8) is 0 Å². The molecule has 2 aromatic carbocycles. The predicted molar refractivity (Wildman–Crippen MR) is 92.8 cm³/mol. The average Bonchev–Trinajstić information content (AvgIpc) is 3.08. The van der Waals surface area contributed by atoms with Gasteiger partial charge in [-0.25, -0.2) is 21.9 Å². The molecule has 0 bridgehead atoms. The van der Waals surface area contributed by atoms with Gasteiger partial charge in [0.2, 0.25) is 10.0 Å². The summed E-state index contributed by atoms with van der Waals surface area (Å²) in [7, 11) is -3.70. The minimum atomic E-state index is -3.70. The van der Waals surface area contributed by atoms with Crippen LogP contribution < -0.4 is 4.72 Å². The van der Waals surface area contributed by atoms with Gasteiger partial charge < -0.3 is 0 Å². The number of benzene rings is 2. The quantitative estimate of drug-likeness (QED) is 0.873. The zero-order chi connectivity index (χ0) is 18.5. The van der Waals surface area contributed by atoms with E-state index in [1.165, 1.54) is 12.1 Å². The maximum Gasteiger partial charge on any atom is 0.240 e. The molecule has 134 valence electrons. The van der Waals surface area contributed by atoms with Crippen molar-refractivity contribution in [2.45, 2.75) is 37.5 Å². The maximum atomic E-state index is 14.3. The van der Waals surface area contributed by atoms with Crippen LogP contribution >= 0.6 is 0 Å². The van der Waals surface area contributed by atoms with Crippen LogP contribution in [0.2, 0.25) is 0 Å². The molecule has 0 saturated heterocycles. The van der Waals surface area contributed by atoms with Gasteiger partial charge >= 0.3 is 0 Å². The van der Waals surface area contributed by atoms with E-state index in [1.54, 1.807) is 24.3 Å². The van der Waals surface area contributed by atoms with E-state index in [0.29, 0.717) is 12.0 Å². The number of hydrogen-bond acceptors (Lipinski definition) is 2. The van der Waals surface area contributed by atoms with Crippen molar-refractivity contribution in [2.24, 2.45) is 5.41 Å². The zero-order valence-corrected chi connectivity index (χ0v) is 15.3. The van der Waals surface area contributed by atoms with Gasteiger partial charge in [0.1, 0.15) is 11.6 Å². The molecule has 1 aliphatic carbocycles. The smallest absolute Gasteiger partial charge is 0.210 e. The predicted octanol–water partition coefficient (Wildman–Crippen LogP) is 3.92. The fourth-order valence-electron chi connectivity index (χ4n) is 3.46. The second-order valence-corrected chi connectivity index (χ2v) is 9.17. The molecule has 0 radical (unpaired) electrons. The van der Waals surface area contributed by atoms with Crippen LogP contribution in [0.4, 0.5) is 8.78 Å². The van der Waals surface area contributed by atoms with Crippen molar-refractivity contribution < 1.29 is 17.2 Å². The van der Waals surface area contributed by atoms with Crippen molar-refractivity contribution in [1.29, 1.82) is 0 Å². The first-order valence-electron chi connectivity index (χ1n) is 8.09. The lowest BCUT2D eigenvalue weighted by molar-refractivity contribution is 0.459. The highest BCUT2D eigenvalue weighted by Gasteiger charge is 2.62. The average molecular weight is 365 g/mol. The largest absolute Gasteiger partial charge is 0.240 e.